The molecule has 42 heavy (non-hydrogen) atoms. The van der Waals surface area contributed by atoms with Crippen LogP contribution in [0.5, 0.6) is 34.5 Å². The number of thiazole rings is 1. The van der Waals surface area contributed by atoms with Gasteiger partial charge in [0.25, 0.3) is 5.78 Å². The van der Waals surface area contributed by atoms with Crippen molar-refractivity contribution in [1.29, 1.82) is 0 Å². The zero-order chi connectivity index (χ0) is 29.5. The van der Waals surface area contributed by atoms with E-state index in [1.807, 2.05) is 0 Å². The number of ether oxygens (including phenoxy) is 6. The molecule has 0 aliphatic carbocycles. The number of benzene rings is 3. The van der Waals surface area contributed by atoms with Gasteiger partial charge in [0, 0.05) is 5.56 Å². The molecule has 12 heteroatoms. The van der Waals surface area contributed by atoms with Crippen molar-refractivity contribution in [3.8, 4) is 34.5 Å². The van der Waals surface area contributed by atoms with Crippen molar-refractivity contribution >= 4 is 44.1 Å². The number of Topliss-reactive ketones (excluding diaryl/α,β-unsaturated/α-hetero) is 1. The van der Waals surface area contributed by atoms with Crippen LogP contribution in [-0.2, 0) is 9.59 Å². The number of aliphatic hydroxyl groups excluding tert-OH is 1. The van der Waals surface area contributed by atoms with E-state index in [1.54, 1.807) is 55.6 Å². The first-order valence-corrected chi connectivity index (χ1v) is 13.7. The first-order valence-electron chi connectivity index (χ1n) is 12.8. The lowest BCUT2D eigenvalue weighted by molar-refractivity contribution is -0.132. The summed E-state index contributed by atoms with van der Waals surface area (Å²) in [4.78, 5) is 33.4. The number of aromatic nitrogens is 1. The maximum atomic E-state index is 13.7. The number of fused-ring (bicyclic) bond motifs is 2. The highest BCUT2D eigenvalue weighted by atomic mass is 32.1. The van der Waals surface area contributed by atoms with E-state index in [2.05, 4.69) is 4.98 Å². The van der Waals surface area contributed by atoms with Crippen LogP contribution in [0.1, 0.15) is 17.2 Å². The standard InChI is InChI=1S/C30H26N2O9S/c1-36-17-6-7-18-23(14-17)42-30(31-18)32-25(16-12-21(37-2)28(39-4)22(13-16)38-3)24(27(34)29(32)35)26(33)15-5-8-19-20(11-15)41-10-9-40-19/h5-8,11-14,25,33H,9-10H2,1-4H3/b26-24+/t25-/m1/s1. The van der Waals surface area contributed by atoms with Crippen molar-refractivity contribution in [1.82, 2.24) is 4.98 Å². The summed E-state index contributed by atoms with van der Waals surface area (Å²) in [7, 11) is 5.97. The SMILES string of the molecule is COc1ccc2nc(N3C(=O)C(=O)/C(=C(/O)c4ccc5c(c4)OCCO5)[C@H]3c3cc(OC)c(OC)c(OC)c3)sc2c1. The second-order valence-electron chi connectivity index (χ2n) is 9.32. The van der Waals surface area contributed by atoms with E-state index in [0.717, 1.165) is 4.70 Å². The predicted molar refractivity (Wildman–Crippen MR) is 154 cm³/mol. The maximum Gasteiger partial charge on any atom is 0.301 e. The van der Waals surface area contributed by atoms with Crippen molar-refractivity contribution < 1.29 is 43.1 Å². The van der Waals surface area contributed by atoms with E-state index in [-0.39, 0.29) is 22.0 Å². The summed E-state index contributed by atoms with van der Waals surface area (Å²) < 4.78 is 34.0. The van der Waals surface area contributed by atoms with Crippen LogP contribution in [0.15, 0.2) is 54.1 Å². The number of hydrogen-bond acceptors (Lipinski definition) is 11. The summed E-state index contributed by atoms with van der Waals surface area (Å²) in [5.41, 5.74) is 1.19. The van der Waals surface area contributed by atoms with Gasteiger partial charge in [-0.25, -0.2) is 4.98 Å². The number of methoxy groups -OCH3 is 4. The van der Waals surface area contributed by atoms with E-state index in [1.165, 1.54) is 37.6 Å². The number of amides is 1. The van der Waals surface area contributed by atoms with Gasteiger partial charge in [0.2, 0.25) is 5.75 Å². The molecule has 4 aromatic rings. The first kappa shape index (κ1) is 27.2. The number of aliphatic hydroxyl groups is 1. The van der Waals surface area contributed by atoms with Gasteiger partial charge in [-0.2, -0.15) is 0 Å². The van der Waals surface area contributed by atoms with Gasteiger partial charge in [0.15, 0.2) is 28.1 Å². The molecule has 11 nitrogen and oxygen atoms in total. The molecule has 3 aromatic carbocycles. The predicted octanol–water partition coefficient (Wildman–Crippen LogP) is 4.73. The third-order valence-corrected chi connectivity index (χ3v) is 8.07. The van der Waals surface area contributed by atoms with Crippen LogP contribution in [0.4, 0.5) is 5.13 Å². The Bertz CT molecular complexity index is 1740. The van der Waals surface area contributed by atoms with Gasteiger partial charge < -0.3 is 33.5 Å². The zero-order valence-corrected chi connectivity index (χ0v) is 23.9. The van der Waals surface area contributed by atoms with Gasteiger partial charge in [-0.3, -0.25) is 14.5 Å². The molecule has 1 saturated heterocycles. The van der Waals surface area contributed by atoms with Gasteiger partial charge >= 0.3 is 5.91 Å². The summed E-state index contributed by atoms with van der Waals surface area (Å²) in [5.74, 6) is 0.412. The van der Waals surface area contributed by atoms with Gasteiger partial charge in [-0.1, -0.05) is 11.3 Å². The largest absolute Gasteiger partial charge is 0.507 e. The van der Waals surface area contributed by atoms with Crippen LogP contribution in [0.3, 0.4) is 0 Å². The van der Waals surface area contributed by atoms with Crippen molar-refractivity contribution in [3.63, 3.8) is 0 Å². The maximum absolute atomic E-state index is 13.7. The smallest absolute Gasteiger partial charge is 0.301 e. The molecule has 2 aliphatic rings. The Hall–Kier alpha value is -4.97. The van der Waals surface area contributed by atoms with Crippen LogP contribution in [0, 0.1) is 0 Å². The molecule has 3 heterocycles. The van der Waals surface area contributed by atoms with Crippen molar-refractivity contribution in [2.45, 2.75) is 6.04 Å². The average Bonchev–Trinajstić information content (AvgIpc) is 3.56. The van der Waals surface area contributed by atoms with Crippen LogP contribution < -0.4 is 33.3 Å². The number of carbonyl (C=O) groups excluding carboxylic acids is 2. The van der Waals surface area contributed by atoms with E-state index in [9.17, 15) is 14.7 Å². The van der Waals surface area contributed by atoms with Crippen LogP contribution in [0.25, 0.3) is 16.0 Å². The molecule has 1 amide bonds. The van der Waals surface area contributed by atoms with Crippen molar-refractivity contribution in [3.05, 3.63) is 65.2 Å². The number of anilines is 1. The van der Waals surface area contributed by atoms with Gasteiger partial charge in [-0.15, -0.1) is 0 Å². The van der Waals surface area contributed by atoms with E-state index in [4.69, 9.17) is 28.4 Å². The molecule has 0 unspecified atom stereocenters. The first-order chi connectivity index (χ1) is 20.4. The molecule has 1 aromatic heterocycles. The Labute approximate surface area is 244 Å². The molecule has 2 aliphatic heterocycles. The van der Waals surface area contributed by atoms with Crippen LogP contribution >= 0.6 is 11.3 Å². The molecule has 1 atom stereocenters. The second-order valence-corrected chi connectivity index (χ2v) is 10.3. The Morgan fingerprint density at radius 3 is 2.29 bits per heavy atom. The summed E-state index contributed by atoms with van der Waals surface area (Å²) in [5, 5.41) is 11.9. The molecule has 1 N–H and O–H groups in total. The fourth-order valence-electron chi connectivity index (χ4n) is 5.07. The van der Waals surface area contributed by atoms with E-state index in [0.29, 0.717) is 58.8 Å². The Morgan fingerprint density at radius 1 is 0.905 bits per heavy atom. The number of carbonyl (C=O) groups is 2. The van der Waals surface area contributed by atoms with Gasteiger partial charge in [0.1, 0.15) is 24.7 Å². The molecular formula is C30H26N2O9S. The third kappa shape index (κ3) is 4.40. The summed E-state index contributed by atoms with van der Waals surface area (Å²) in [6.07, 6.45) is 0. The highest BCUT2D eigenvalue weighted by molar-refractivity contribution is 7.22. The molecule has 6 rings (SSSR count). The molecular weight excluding hydrogens is 564 g/mol. The summed E-state index contributed by atoms with van der Waals surface area (Å²) in [6.45, 7) is 0.744. The highest BCUT2D eigenvalue weighted by Crippen LogP contribution is 2.48. The lowest BCUT2D eigenvalue weighted by atomic mass is 9.94. The second kappa shape index (κ2) is 10.8. The van der Waals surface area contributed by atoms with Crippen molar-refractivity contribution in [2.24, 2.45) is 0 Å². The Balaban J connectivity index is 1.58. The average molecular weight is 591 g/mol. The summed E-state index contributed by atoms with van der Waals surface area (Å²) >= 11 is 1.22. The monoisotopic (exact) mass is 590 g/mol. The Morgan fingerprint density at radius 2 is 1.62 bits per heavy atom. The fourth-order valence-corrected chi connectivity index (χ4v) is 6.09. The van der Waals surface area contributed by atoms with Crippen LogP contribution in [0.2, 0.25) is 0 Å². The van der Waals surface area contributed by atoms with Crippen molar-refractivity contribution in [2.75, 3.05) is 46.6 Å². The normalized spacial score (nSPS) is 17.4. The minimum Gasteiger partial charge on any atom is -0.507 e. The topological polar surface area (TPSA) is 126 Å². The molecule has 0 spiro atoms. The Kier molecular flexibility index (Phi) is 6.99. The molecule has 0 bridgehead atoms. The number of rotatable bonds is 7. The fraction of sp³-hybridized carbons (Fsp3) is 0.233. The minimum absolute atomic E-state index is 0.136. The highest BCUT2D eigenvalue weighted by Gasteiger charge is 2.48. The number of hydrogen-bond donors (Lipinski definition) is 1. The quantitative estimate of drug-likeness (QED) is 0.183. The summed E-state index contributed by atoms with van der Waals surface area (Å²) in [6, 6.07) is 12.4. The lowest BCUT2D eigenvalue weighted by Crippen LogP contribution is -2.29. The number of nitrogens with zero attached hydrogens (tertiary/aromatic N) is 2. The minimum atomic E-state index is -1.09. The van der Waals surface area contributed by atoms with E-state index >= 15 is 0 Å². The molecule has 0 saturated carbocycles. The third-order valence-electron chi connectivity index (χ3n) is 7.05. The molecule has 1 fully saturated rings. The van der Waals surface area contributed by atoms with Crippen LogP contribution in [-0.4, -0.2) is 63.4 Å². The van der Waals surface area contributed by atoms with Gasteiger partial charge in [-0.05, 0) is 54.1 Å². The zero-order valence-electron chi connectivity index (χ0n) is 23.1. The number of ketones is 1. The van der Waals surface area contributed by atoms with E-state index < -0.39 is 17.7 Å². The lowest BCUT2D eigenvalue weighted by Gasteiger charge is -2.25. The molecule has 0 radical (unpaired) electrons. The molecule has 216 valence electrons. The van der Waals surface area contributed by atoms with Gasteiger partial charge in [0.05, 0.1) is 50.3 Å².